The van der Waals surface area contributed by atoms with E-state index in [1.165, 1.54) is 13.0 Å². The Balaban J connectivity index is 2.25. The Hall–Kier alpha value is -2.02. The fraction of sp³-hybridized carbons (Fsp3) is 0.625. The van der Waals surface area contributed by atoms with E-state index in [4.69, 9.17) is 19.3 Å². The predicted octanol–water partition coefficient (Wildman–Crippen LogP) is -1.84. The van der Waals surface area contributed by atoms with Crippen LogP contribution in [-0.4, -0.2) is 86.2 Å². The summed E-state index contributed by atoms with van der Waals surface area (Å²) in [5, 5.41) is 57.2. The molecule has 7 atom stereocenters. The van der Waals surface area contributed by atoms with Gasteiger partial charge in [-0.2, -0.15) is 0 Å². The molecule has 1 fully saturated rings. The first-order valence-corrected chi connectivity index (χ1v) is 8.13. The molecular formula is C16H22O11. The summed E-state index contributed by atoms with van der Waals surface area (Å²) >= 11 is 0. The van der Waals surface area contributed by atoms with Crippen LogP contribution >= 0.6 is 0 Å². The largest absolute Gasteiger partial charge is 0.481 e. The van der Waals surface area contributed by atoms with Crippen LogP contribution in [0.25, 0.3) is 0 Å². The normalized spacial score (nSPS) is 38.2. The Bertz CT molecular complexity index is 626. The van der Waals surface area contributed by atoms with E-state index in [2.05, 4.69) is 0 Å². The van der Waals surface area contributed by atoms with Gasteiger partial charge in [-0.15, -0.1) is 0 Å². The van der Waals surface area contributed by atoms with Crippen molar-refractivity contribution in [2.75, 3.05) is 6.61 Å². The number of carbonyl (C=O) groups is 2. The van der Waals surface area contributed by atoms with Crippen LogP contribution < -0.4 is 0 Å². The third-order valence-electron chi connectivity index (χ3n) is 4.43. The van der Waals surface area contributed by atoms with Gasteiger partial charge in [-0.25, -0.2) is 4.79 Å². The Kier molecular flexibility index (Phi) is 6.92. The fourth-order valence-electron chi connectivity index (χ4n) is 2.99. The molecule has 0 saturated carbocycles. The van der Waals surface area contributed by atoms with E-state index in [-0.39, 0.29) is 11.1 Å². The molecule has 0 spiro atoms. The third-order valence-corrected chi connectivity index (χ3v) is 4.43. The van der Waals surface area contributed by atoms with Crippen LogP contribution in [0.3, 0.4) is 0 Å². The summed E-state index contributed by atoms with van der Waals surface area (Å²) in [5.74, 6) is -3.64. The van der Waals surface area contributed by atoms with Crippen molar-refractivity contribution in [1.29, 1.82) is 0 Å². The number of aliphatic hydroxyl groups is 4. The number of hydrogen-bond donors (Lipinski definition) is 6. The number of ether oxygens (including phenoxy) is 3. The number of allylic oxidation sites excluding steroid dienone is 1. The maximum Gasteiger partial charge on any atom is 0.335 e. The molecule has 0 aromatic heterocycles. The molecule has 0 unspecified atom stereocenters. The lowest BCUT2D eigenvalue weighted by Gasteiger charge is -2.41. The number of carboxylic acid groups (broad SMARTS) is 2. The minimum atomic E-state index is -1.69. The van der Waals surface area contributed by atoms with Gasteiger partial charge in [0.25, 0.3) is 0 Å². The molecule has 6 N–H and O–H groups in total. The Labute approximate surface area is 153 Å². The molecule has 11 heteroatoms. The van der Waals surface area contributed by atoms with E-state index in [1.54, 1.807) is 0 Å². The van der Waals surface area contributed by atoms with Gasteiger partial charge in [0, 0.05) is 11.5 Å². The highest BCUT2D eigenvalue weighted by molar-refractivity contribution is 5.89. The average Bonchev–Trinajstić information content (AvgIpc) is 2.61. The van der Waals surface area contributed by atoms with Gasteiger partial charge in [-0.3, -0.25) is 4.79 Å². The number of aliphatic hydroxyl groups excluding tert-OH is 4. The van der Waals surface area contributed by atoms with Gasteiger partial charge in [-0.05, 0) is 6.92 Å². The minimum Gasteiger partial charge on any atom is -0.481 e. The van der Waals surface area contributed by atoms with Gasteiger partial charge in [-0.1, -0.05) is 6.08 Å². The first kappa shape index (κ1) is 21.3. The SMILES string of the molecule is C/C=C1\[C@@H](O[C@@H]2O[C@H](CO)[C@@H](O)[C@H](O)[C@H]2O)OC=C(C(=O)O)[C@H]1CC(=O)O. The van der Waals surface area contributed by atoms with Gasteiger partial charge >= 0.3 is 11.9 Å². The molecule has 1 saturated heterocycles. The molecule has 0 radical (unpaired) electrons. The van der Waals surface area contributed by atoms with Crippen molar-refractivity contribution in [1.82, 2.24) is 0 Å². The molecule has 2 aliphatic heterocycles. The van der Waals surface area contributed by atoms with Crippen LogP contribution in [0, 0.1) is 5.92 Å². The second-order valence-electron chi connectivity index (χ2n) is 6.12. The van der Waals surface area contributed by atoms with E-state index in [9.17, 15) is 35.1 Å². The monoisotopic (exact) mass is 390 g/mol. The number of rotatable bonds is 6. The van der Waals surface area contributed by atoms with E-state index in [1.807, 2.05) is 0 Å². The summed E-state index contributed by atoms with van der Waals surface area (Å²) in [6, 6.07) is 0. The summed E-state index contributed by atoms with van der Waals surface area (Å²) in [6.45, 7) is 0.874. The van der Waals surface area contributed by atoms with Crippen LogP contribution in [0.4, 0.5) is 0 Å². The standard InChI is InChI=1S/C16H22O11/c1-2-6-7(3-10(18)19)8(14(23)24)5-25-15(6)27-16-13(22)12(21)11(20)9(4-17)26-16/h2,5,7,9,11-13,15-17,20-22H,3-4H2,1H3,(H,18,19)(H,23,24)/b6-2-/t7-,9+,11+,12-,13+,15+,16-/m0/s1. The second kappa shape index (κ2) is 8.78. The Morgan fingerprint density at radius 2 is 1.85 bits per heavy atom. The van der Waals surface area contributed by atoms with Crippen molar-refractivity contribution in [2.45, 2.75) is 50.3 Å². The predicted molar refractivity (Wildman–Crippen MR) is 84.9 cm³/mol. The topological polar surface area (TPSA) is 183 Å². The zero-order valence-corrected chi connectivity index (χ0v) is 14.3. The van der Waals surface area contributed by atoms with Crippen LogP contribution in [0.5, 0.6) is 0 Å². The molecule has 2 aliphatic rings. The van der Waals surface area contributed by atoms with E-state index < -0.39 is 67.9 Å². The molecule has 152 valence electrons. The highest BCUT2D eigenvalue weighted by Gasteiger charge is 2.46. The highest BCUT2D eigenvalue weighted by Crippen LogP contribution is 2.35. The molecule has 0 aliphatic carbocycles. The minimum absolute atomic E-state index is 0.175. The first-order chi connectivity index (χ1) is 12.7. The summed E-state index contributed by atoms with van der Waals surface area (Å²) < 4.78 is 15.9. The van der Waals surface area contributed by atoms with Gasteiger partial charge in [0.1, 0.15) is 24.4 Å². The number of hydrogen-bond acceptors (Lipinski definition) is 9. The average molecular weight is 390 g/mol. The van der Waals surface area contributed by atoms with Crippen LogP contribution in [-0.2, 0) is 23.8 Å². The third kappa shape index (κ3) is 4.46. The quantitative estimate of drug-likeness (QED) is 0.280. The van der Waals surface area contributed by atoms with Crippen molar-refractivity contribution < 1.29 is 54.4 Å². The molecule has 2 rings (SSSR count). The molecule has 0 bridgehead atoms. The second-order valence-corrected chi connectivity index (χ2v) is 6.12. The summed E-state index contributed by atoms with van der Waals surface area (Å²) in [6.07, 6.45) is -7.20. The van der Waals surface area contributed by atoms with Crippen molar-refractivity contribution in [3.63, 3.8) is 0 Å². The summed E-state index contributed by atoms with van der Waals surface area (Å²) in [5.41, 5.74) is -0.103. The van der Waals surface area contributed by atoms with Crippen LogP contribution in [0.2, 0.25) is 0 Å². The maximum atomic E-state index is 11.4. The Morgan fingerprint density at radius 3 is 2.37 bits per heavy atom. The van der Waals surface area contributed by atoms with Crippen molar-refractivity contribution in [2.24, 2.45) is 5.92 Å². The highest BCUT2D eigenvalue weighted by atomic mass is 16.8. The molecule has 0 aromatic carbocycles. The molecule has 11 nitrogen and oxygen atoms in total. The lowest BCUT2D eigenvalue weighted by molar-refractivity contribution is -0.327. The first-order valence-electron chi connectivity index (χ1n) is 8.13. The zero-order chi connectivity index (χ0) is 20.3. The lowest BCUT2D eigenvalue weighted by Crippen LogP contribution is -2.60. The van der Waals surface area contributed by atoms with Crippen molar-refractivity contribution in [3.05, 3.63) is 23.5 Å². The number of carboxylic acids is 2. The summed E-state index contributed by atoms with van der Waals surface area (Å²) in [7, 11) is 0. The molecule has 0 aromatic rings. The molecule has 2 heterocycles. The summed E-state index contributed by atoms with van der Waals surface area (Å²) in [4.78, 5) is 22.5. The van der Waals surface area contributed by atoms with E-state index in [0.29, 0.717) is 0 Å². The number of aliphatic carboxylic acids is 2. The van der Waals surface area contributed by atoms with E-state index in [0.717, 1.165) is 6.26 Å². The smallest absolute Gasteiger partial charge is 0.335 e. The molecule has 27 heavy (non-hydrogen) atoms. The molecular weight excluding hydrogens is 368 g/mol. The van der Waals surface area contributed by atoms with Crippen LogP contribution in [0.15, 0.2) is 23.5 Å². The van der Waals surface area contributed by atoms with Gasteiger partial charge < -0.3 is 44.8 Å². The van der Waals surface area contributed by atoms with Gasteiger partial charge in [0.05, 0.1) is 24.9 Å². The van der Waals surface area contributed by atoms with E-state index >= 15 is 0 Å². The van der Waals surface area contributed by atoms with Crippen molar-refractivity contribution in [3.8, 4) is 0 Å². The zero-order valence-electron chi connectivity index (χ0n) is 14.3. The van der Waals surface area contributed by atoms with Gasteiger partial charge in [0.15, 0.2) is 6.29 Å². The maximum absolute atomic E-state index is 11.4. The van der Waals surface area contributed by atoms with Crippen LogP contribution in [0.1, 0.15) is 13.3 Å². The van der Waals surface area contributed by atoms with Crippen molar-refractivity contribution >= 4 is 11.9 Å². The van der Waals surface area contributed by atoms with Gasteiger partial charge in [0.2, 0.25) is 6.29 Å². The lowest BCUT2D eigenvalue weighted by atomic mass is 9.86. The molecule has 0 amide bonds. The Morgan fingerprint density at radius 1 is 1.19 bits per heavy atom. The fourth-order valence-corrected chi connectivity index (χ4v) is 2.99.